The van der Waals surface area contributed by atoms with Crippen LogP contribution in [0.4, 0.5) is 15.0 Å². The number of halogens is 2. The normalized spacial score (nSPS) is 22.9. The van der Waals surface area contributed by atoms with Crippen molar-refractivity contribution in [1.29, 1.82) is 0 Å². The molecule has 0 bridgehead atoms. The number of carbonyl (C=O) groups excluding carboxylic acids is 1. The van der Waals surface area contributed by atoms with E-state index in [0.717, 1.165) is 38.8 Å². The molecule has 2 aromatic rings. The zero-order chi connectivity index (χ0) is 26.5. The van der Waals surface area contributed by atoms with E-state index >= 15 is 4.39 Å². The lowest BCUT2D eigenvalue weighted by molar-refractivity contribution is 0.0203. The van der Waals surface area contributed by atoms with Gasteiger partial charge in [-0.1, -0.05) is 11.6 Å². The van der Waals surface area contributed by atoms with Crippen LogP contribution < -0.4 is 9.64 Å². The minimum Gasteiger partial charge on any atom is -0.463 e. The Morgan fingerprint density at radius 2 is 1.97 bits per heavy atom. The van der Waals surface area contributed by atoms with Crippen molar-refractivity contribution in [2.75, 3.05) is 51.8 Å². The van der Waals surface area contributed by atoms with Gasteiger partial charge in [0.05, 0.1) is 18.0 Å². The molecule has 1 aliphatic carbocycles. The number of aromatic nitrogens is 3. The summed E-state index contributed by atoms with van der Waals surface area (Å²) in [5, 5.41) is 0.240. The van der Waals surface area contributed by atoms with Crippen LogP contribution in [-0.4, -0.2) is 89.4 Å². The fourth-order valence-corrected chi connectivity index (χ4v) is 5.74. The molecule has 1 saturated carbocycles. The van der Waals surface area contributed by atoms with E-state index in [1.807, 2.05) is 39.8 Å². The lowest BCUT2D eigenvalue weighted by atomic mass is 9.92. The molecule has 2 aromatic heterocycles. The van der Waals surface area contributed by atoms with Gasteiger partial charge in [-0.15, -0.1) is 0 Å². The van der Waals surface area contributed by atoms with Gasteiger partial charge in [0.15, 0.2) is 11.0 Å². The molecule has 2 aliphatic heterocycles. The second-order valence-electron chi connectivity index (χ2n) is 12.0. The molecule has 1 amide bonds. The van der Waals surface area contributed by atoms with Crippen molar-refractivity contribution in [2.24, 2.45) is 11.3 Å². The van der Waals surface area contributed by atoms with Crippen LogP contribution >= 0.6 is 11.6 Å². The van der Waals surface area contributed by atoms with Gasteiger partial charge >= 0.3 is 12.1 Å². The third-order valence-electron chi connectivity index (χ3n) is 7.51. The minimum absolute atomic E-state index is 0.0158. The highest BCUT2D eigenvalue weighted by molar-refractivity contribution is 6.30. The molecule has 2 saturated heterocycles. The monoisotopic (exact) mass is 534 g/mol. The average molecular weight is 535 g/mol. The second kappa shape index (κ2) is 9.69. The number of nitrogens with zero attached hydrogens (tertiary/aromatic N) is 6. The number of fused-ring (bicyclic) bond motifs is 2. The quantitative estimate of drug-likeness (QED) is 0.505. The van der Waals surface area contributed by atoms with Crippen molar-refractivity contribution in [3.63, 3.8) is 0 Å². The molecule has 0 radical (unpaired) electrons. The summed E-state index contributed by atoms with van der Waals surface area (Å²) in [5.41, 5.74) is -0.394. The van der Waals surface area contributed by atoms with Crippen molar-refractivity contribution < 1.29 is 18.7 Å². The summed E-state index contributed by atoms with van der Waals surface area (Å²) in [4.78, 5) is 32.2. The fourth-order valence-electron chi connectivity index (χ4n) is 5.60. The van der Waals surface area contributed by atoms with Gasteiger partial charge in [-0.3, -0.25) is 0 Å². The first-order chi connectivity index (χ1) is 17.4. The molecule has 202 valence electrons. The molecule has 0 spiro atoms. The molecule has 37 heavy (non-hydrogen) atoms. The van der Waals surface area contributed by atoms with Crippen molar-refractivity contribution in [3.05, 3.63) is 17.2 Å². The van der Waals surface area contributed by atoms with Gasteiger partial charge in [-0.2, -0.15) is 9.97 Å². The van der Waals surface area contributed by atoms with Gasteiger partial charge < -0.3 is 24.2 Å². The summed E-state index contributed by atoms with van der Waals surface area (Å²) >= 11 is 6.01. The summed E-state index contributed by atoms with van der Waals surface area (Å²) in [6.07, 6.45) is 5.20. The average Bonchev–Trinajstić information content (AvgIpc) is 3.44. The number of carbonyl (C=O) groups is 1. The molecule has 3 aliphatic rings. The largest absolute Gasteiger partial charge is 0.463 e. The zero-order valence-electron chi connectivity index (χ0n) is 22.3. The van der Waals surface area contributed by atoms with E-state index in [1.165, 1.54) is 6.20 Å². The number of anilines is 1. The summed E-state index contributed by atoms with van der Waals surface area (Å²) in [6, 6.07) is 0.115. The Morgan fingerprint density at radius 1 is 1.24 bits per heavy atom. The van der Waals surface area contributed by atoms with Crippen LogP contribution in [0.1, 0.15) is 46.5 Å². The molecule has 3 fully saturated rings. The Labute approximate surface area is 222 Å². The molecule has 4 heterocycles. The van der Waals surface area contributed by atoms with E-state index in [1.54, 1.807) is 0 Å². The Morgan fingerprint density at radius 3 is 2.65 bits per heavy atom. The molecule has 11 heteroatoms. The number of amides is 1. The summed E-state index contributed by atoms with van der Waals surface area (Å²) in [5.74, 6) is 0.251. The number of ether oxygens (including phenoxy) is 2. The number of hydrogen-bond donors (Lipinski definition) is 0. The smallest absolute Gasteiger partial charge is 0.410 e. The highest BCUT2D eigenvalue weighted by Crippen LogP contribution is 2.46. The van der Waals surface area contributed by atoms with Gasteiger partial charge in [0, 0.05) is 37.8 Å². The van der Waals surface area contributed by atoms with E-state index in [2.05, 4.69) is 19.8 Å². The lowest BCUT2D eigenvalue weighted by Crippen LogP contribution is -2.51. The van der Waals surface area contributed by atoms with E-state index in [9.17, 15) is 4.79 Å². The maximum absolute atomic E-state index is 15.1. The van der Waals surface area contributed by atoms with Crippen LogP contribution in [0.25, 0.3) is 10.9 Å². The van der Waals surface area contributed by atoms with Crippen molar-refractivity contribution in [3.8, 4) is 6.01 Å². The minimum atomic E-state index is -0.687. The molecule has 0 N–H and O–H groups in total. The van der Waals surface area contributed by atoms with Crippen molar-refractivity contribution in [2.45, 2.75) is 58.1 Å². The summed E-state index contributed by atoms with van der Waals surface area (Å²) < 4.78 is 26.8. The first kappa shape index (κ1) is 26.2. The van der Waals surface area contributed by atoms with Crippen molar-refractivity contribution >= 4 is 34.4 Å². The highest BCUT2D eigenvalue weighted by Gasteiger charge is 2.45. The highest BCUT2D eigenvalue weighted by atomic mass is 35.5. The molecular formula is C26H36ClFN6O3. The number of hydrogen-bond acceptors (Lipinski definition) is 8. The number of pyridine rings is 1. The Balaban J connectivity index is 1.43. The summed E-state index contributed by atoms with van der Waals surface area (Å²) in [6.45, 7) is 8.94. The first-order valence-electron chi connectivity index (χ1n) is 13.0. The number of piperidine rings is 1. The van der Waals surface area contributed by atoms with Crippen LogP contribution in [-0.2, 0) is 4.74 Å². The predicted octanol–water partition coefficient (Wildman–Crippen LogP) is 4.37. The Kier molecular flexibility index (Phi) is 6.85. The molecular weight excluding hydrogens is 499 g/mol. The predicted molar refractivity (Wildman–Crippen MR) is 140 cm³/mol. The molecule has 2 atom stereocenters. The van der Waals surface area contributed by atoms with Gasteiger partial charge in [0.1, 0.15) is 16.9 Å². The zero-order valence-corrected chi connectivity index (χ0v) is 23.0. The Bertz CT molecular complexity index is 1190. The standard InChI is InChI=1S/C26H36ClFN6O3/c1-25(2,3)37-24(35)34-11-7-16-6-10-33(13-18(16)34)22-17-12-29-21(27)19(28)20(17)30-23(31-22)36-15-26(8-9-26)14-32(4)5/h12,16,18H,6-11,13-15H2,1-5H3/t16-,18-/m0/s1. The Hall–Kier alpha value is -2.46. The van der Waals surface area contributed by atoms with Gasteiger partial charge in [-0.05, 0) is 66.5 Å². The molecule has 9 nitrogen and oxygen atoms in total. The van der Waals surface area contributed by atoms with Crippen molar-refractivity contribution in [1.82, 2.24) is 24.8 Å². The third kappa shape index (κ3) is 5.55. The van der Waals surface area contributed by atoms with E-state index < -0.39 is 11.4 Å². The van der Waals surface area contributed by atoms with Gasteiger partial charge in [-0.25, -0.2) is 14.2 Å². The van der Waals surface area contributed by atoms with Gasteiger partial charge in [0.25, 0.3) is 0 Å². The molecule has 5 rings (SSSR count). The van der Waals surface area contributed by atoms with Crippen LogP contribution in [0.3, 0.4) is 0 Å². The SMILES string of the molecule is CN(C)CC1(COc2nc(N3CC[C@H]4CCN(C(=O)OC(C)(C)C)[C@H]4C3)c3cnc(Cl)c(F)c3n2)CC1. The van der Waals surface area contributed by atoms with Crippen LogP contribution in [0.5, 0.6) is 6.01 Å². The van der Waals surface area contributed by atoms with Crippen LogP contribution in [0, 0.1) is 17.2 Å². The third-order valence-corrected chi connectivity index (χ3v) is 7.77. The van der Waals surface area contributed by atoms with Gasteiger partial charge in [0.2, 0.25) is 0 Å². The number of likely N-dealkylation sites (tertiary alicyclic amines) is 1. The van der Waals surface area contributed by atoms with Crippen LogP contribution in [0.2, 0.25) is 5.15 Å². The van der Waals surface area contributed by atoms with Crippen LogP contribution in [0.15, 0.2) is 6.20 Å². The second-order valence-corrected chi connectivity index (χ2v) is 12.4. The van der Waals surface area contributed by atoms with E-state index in [0.29, 0.717) is 36.8 Å². The maximum atomic E-state index is 15.1. The number of rotatable bonds is 6. The fraction of sp³-hybridized carbons (Fsp3) is 0.692. The maximum Gasteiger partial charge on any atom is 0.410 e. The van der Waals surface area contributed by atoms with E-state index in [-0.39, 0.29) is 34.2 Å². The lowest BCUT2D eigenvalue weighted by Gasteiger charge is -2.39. The van der Waals surface area contributed by atoms with E-state index in [4.69, 9.17) is 26.1 Å². The summed E-state index contributed by atoms with van der Waals surface area (Å²) in [7, 11) is 4.09. The topological polar surface area (TPSA) is 83.9 Å². The molecule has 0 aromatic carbocycles. The first-order valence-corrected chi connectivity index (χ1v) is 13.4. The molecule has 0 unspecified atom stereocenters.